The number of aromatic nitrogens is 2. The third-order valence-corrected chi connectivity index (χ3v) is 10.4. The van der Waals surface area contributed by atoms with Gasteiger partial charge in [-0.25, -0.2) is 9.97 Å². The lowest BCUT2D eigenvalue weighted by molar-refractivity contribution is 0.669. The third kappa shape index (κ3) is 4.32. The molecule has 0 spiro atoms. The quantitative estimate of drug-likeness (QED) is 0.179. The molecule has 0 aliphatic heterocycles. The first-order chi connectivity index (χ1) is 25.3. The van der Waals surface area contributed by atoms with Crippen molar-refractivity contribution in [1.82, 2.24) is 9.97 Å². The maximum absolute atomic E-state index is 6.29. The molecule has 51 heavy (non-hydrogen) atoms. The highest BCUT2D eigenvalue weighted by atomic mass is 16.3. The van der Waals surface area contributed by atoms with Gasteiger partial charge in [-0.15, -0.1) is 0 Å². The van der Waals surface area contributed by atoms with E-state index in [4.69, 9.17) is 14.4 Å². The van der Waals surface area contributed by atoms with Gasteiger partial charge in [0.15, 0.2) is 5.82 Å². The van der Waals surface area contributed by atoms with E-state index in [-0.39, 0.29) is 0 Å². The minimum Gasteiger partial charge on any atom is -0.456 e. The Morgan fingerprint density at radius 2 is 1.02 bits per heavy atom. The highest BCUT2D eigenvalue weighted by molar-refractivity contribution is 6.25. The number of benzene rings is 9. The predicted molar refractivity (Wildman–Crippen MR) is 213 cm³/mol. The summed E-state index contributed by atoms with van der Waals surface area (Å²) in [5, 5.41) is 13.2. The maximum Gasteiger partial charge on any atom is 0.160 e. The fourth-order valence-corrected chi connectivity index (χ4v) is 8.02. The van der Waals surface area contributed by atoms with Crippen molar-refractivity contribution in [2.45, 2.75) is 0 Å². The Morgan fingerprint density at radius 3 is 1.96 bits per heavy atom. The normalized spacial score (nSPS) is 11.9. The lowest BCUT2D eigenvalue weighted by atomic mass is 9.92. The summed E-state index contributed by atoms with van der Waals surface area (Å²) in [6.07, 6.45) is 0. The molecule has 0 aliphatic carbocycles. The molecular weight excluding hydrogens is 621 g/mol. The van der Waals surface area contributed by atoms with Crippen molar-refractivity contribution in [1.29, 1.82) is 0 Å². The standard InChI is InChI=1S/C48H28N2O/c1-2-10-32(11-3-1)48-49-42-28-34(23-26-38(42)47(50-48)40-14-8-16-44-46(40)39-13-6-7-15-43(39)51-44)33-20-18-30-17-19-31-22-24-36-35-12-5-4-9-29(35)21-25-37(36)45(31)41(30)27-33/h1-28H. The van der Waals surface area contributed by atoms with Crippen LogP contribution in [-0.2, 0) is 0 Å². The van der Waals surface area contributed by atoms with Gasteiger partial charge in [0, 0.05) is 27.3 Å². The third-order valence-electron chi connectivity index (χ3n) is 10.4. The summed E-state index contributed by atoms with van der Waals surface area (Å²) in [5.74, 6) is 0.697. The molecule has 0 aliphatic rings. The van der Waals surface area contributed by atoms with Crippen LogP contribution >= 0.6 is 0 Å². The zero-order valence-electron chi connectivity index (χ0n) is 27.5. The van der Waals surface area contributed by atoms with Crippen LogP contribution in [0.2, 0.25) is 0 Å². The Morgan fingerprint density at radius 1 is 0.353 bits per heavy atom. The molecule has 11 rings (SSSR count). The van der Waals surface area contributed by atoms with Crippen LogP contribution in [0.3, 0.4) is 0 Å². The Bertz CT molecular complexity index is 3190. The molecule has 3 heteroatoms. The van der Waals surface area contributed by atoms with Crippen molar-refractivity contribution in [2.75, 3.05) is 0 Å². The van der Waals surface area contributed by atoms with Gasteiger partial charge < -0.3 is 4.42 Å². The van der Waals surface area contributed by atoms with Crippen LogP contribution in [0.4, 0.5) is 0 Å². The Kier molecular flexibility index (Phi) is 5.96. The number of para-hydroxylation sites is 1. The first kappa shape index (κ1) is 28.0. The van der Waals surface area contributed by atoms with Crippen LogP contribution in [0.5, 0.6) is 0 Å². The summed E-state index contributed by atoms with van der Waals surface area (Å²) in [5.41, 5.74) is 7.79. The summed E-state index contributed by atoms with van der Waals surface area (Å²) < 4.78 is 6.29. The van der Waals surface area contributed by atoms with Crippen LogP contribution in [-0.4, -0.2) is 9.97 Å². The number of hydrogen-bond donors (Lipinski definition) is 0. The van der Waals surface area contributed by atoms with Crippen molar-refractivity contribution in [3.63, 3.8) is 0 Å². The molecule has 0 saturated carbocycles. The molecule has 0 bridgehead atoms. The fraction of sp³-hybridized carbons (Fsp3) is 0. The number of nitrogens with zero attached hydrogens (tertiary/aromatic N) is 2. The van der Waals surface area contributed by atoms with Gasteiger partial charge >= 0.3 is 0 Å². The van der Waals surface area contributed by atoms with Gasteiger partial charge in [-0.1, -0.05) is 140 Å². The van der Waals surface area contributed by atoms with Gasteiger partial charge in [0.05, 0.1) is 11.2 Å². The lowest BCUT2D eigenvalue weighted by Crippen LogP contribution is -1.96. The van der Waals surface area contributed by atoms with Gasteiger partial charge in [0.25, 0.3) is 0 Å². The molecule has 0 radical (unpaired) electrons. The lowest BCUT2D eigenvalue weighted by Gasteiger charge is -2.13. The van der Waals surface area contributed by atoms with Crippen LogP contribution in [0, 0.1) is 0 Å². The number of furan rings is 1. The first-order valence-corrected chi connectivity index (χ1v) is 17.3. The molecule has 0 amide bonds. The van der Waals surface area contributed by atoms with E-state index >= 15 is 0 Å². The molecule has 0 N–H and O–H groups in total. The summed E-state index contributed by atoms with van der Waals surface area (Å²) >= 11 is 0. The van der Waals surface area contributed by atoms with Crippen LogP contribution in [0.25, 0.3) is 110 Å². The van der Waals surface area contributed by atoms with Crippen LogP contribution < -0.4 is 0 Å². The van der Waals surface area contributed by atoms with Gasteiger partial charge in [0.2, 0.25) is 0 Å². The van der Waals surface area contributed by atoms with E-state index in [9.17, 15) is 0 Å². The summed E-state index contributed by atoms with van der Waals surface area (Å²) in [4.78, 5) is 10.4. The number of fused-ring (bicyclic) bond motifs is 11. The van der Waals surface area contributed by atoms with Gasteiger partial charge in [-0.3, -0.25) is 0 Å². The second kappa shape index (κ2) is 10.8. The molecule has 2 aromatic heterocycles. The SMILES string of the molecule is c1ccc(-c2nc(-c3cccc4oc5ccccc5c34)c3ccc(-c4ccc5ccc6ccc7c8ccccc8ccc7c6c5c4)cc3n2)cc1. The summed E-state index contributed by atoms with van der Waals surface area (Å²) in [6, 6.07) is 60.4. The van der Waals surface area contributed by atoms with Crippen molar-refractivity contribution < 1.29 is 4.42 Å². The van der Waals surface area contributed by atoms with Crippen molar-refractivity contribution in [3.8, 4) is 33.8 Å². The van der Waals surface area contributed by atoms with Gasteiger partial charge in [-0.2, -0.15) is 0 Å². The smallest absolute Gasteiger partial charge is 0.160 e. The van der Waals surface area contributed by atoms with Gasteiger partial charge in [-0.05, 0) is 84.5 Å². The van der Waals surface area contributed by atoms with E-state index in [0.717, 1.165) is 60.8 Å². The number of rotatable bonds is 3. The maximum atomic E-state index is 6.29. The summed E-state index contributed by atoms with van der Waals surface area (Å²) in [6.45, 7) is 0. The Hall–Kier alpha value is -6.84. The molecule has 0 saturated heterocycles. The topological polar surface area (TPSA) is 38.9 Å². The molecule has 9 aromatic carbocycles. The first-order valence-electron chi connectivity index (χ1n) is 17.3. The summed E-state index contributed by atoms with van der Waals surface area (Å²) in [7, 11) is 0. The number of hydrogen-bond acceptors (Lipinski definition) is 3. The molecule has 0 fully saturated rings. The van der Waals surface area contributed by atoms with Crippen molar-refractivity contribution >= 4 is 75.9 Å². The molecule has 236 valence electrons. The van der Waals surface area contributed by atoms with E-state index in [1.54, 1.807) is 0 Å². The predicted octanol–water partition coefficient (Wildman–Crippen LogP) is 13.1. The average Bonchev–Trinajstić information content (AvgIpc) is 3.59. The van der Waals surface area contributed by atoms with Crippen LogP contribution in [0.15, 0.2) is 174 Å². The fourth-order valence-electron chi connectivity index (χ4n) is 8.02. The zero-order chi connectivity index (χ0) is 33.5. The minimum absolute atomic E-state index is 0.697. The van der Waals surface area contributed by atoms with E-state index in [1.807, 2.05) is 36.4 Å². The second-order valence-electron chi connectivity index (χ2n) is 13.3. The molecule has 0 atom stereocenters. The highest BCUT2D eigenvalue weighted by Gasteiger charge is 2.18. The molecule has 3 nitrogen and oxygen atoms in total. The molecule has 11 aromatic rings. The monoisotopic (exact) mass is 648 g/mol. The van der Waals surface area contributed by atoms with Crippen LogP contribution in [0.1, 0.15) is 0 Å². The average molecular weight is 649 g/mol. The van der Waals surface area contributed by atoms with E-state index in [1.165, 1.54) is 43.1 Å². The van der Waals surface area contributed by atoms with E-state index in [2.05, 4.69) is 133 Å². The minimum atomic E-state index is 0.697. The zero-order valence-corrected chi connectivity index (χ0v) is 27.5. The molecule has 0 unspecified atom stereocenters. The van der Waals surface area contributed by atoms with E-state index in [0.29, 0.717) is 5.82 Å². The van der Waals surface area contributed by atoms with E-state index < -0.39 is 0 Å². The Labute approximate surface area is 293 Å². The van der Waals surface area contributed by atoms with Crippen molar-refractivity contribution in [2.24, 2.45) is 0 Å². The Balaban J connectivity index is 1.15. The molecule has 2 heterocycles. The molecular formula is C48H28N2O. The second-order valence-corrected chi connectivity index (χ2v) is 13.3. The highest BCUT2D eigenvalue weighted by Crippen LogP contribution is 2.41. The largest absolute Gasteiger partial charge is 0.456 e. The van der Waals surface area contributed by atoms with Gasteiger partial charge in [0.1, 0.15) is 11.2 Å². The van der Waals surface area contributed by atoms with Crippen molar-refractivity contribution in [3.05, 3.63) is 170 Å².